The highest BCUT2D eigenvalue weighted by molar-refractivity contribution is 14.1. The third-order valence-electron chi connectivity index (χ3n) is 1.50. The molecule has 0 saturated heterocycles. The van der Waals surface area contributed by atoms with Crippen LogP contribution in [0.1, 0.15) is 0 Å². The van der Waals surface area contributed by atoms with Crippen LogP contribution in [0.2, 0.25) is 0 Å². The maximum Gasteiger partial charge on any atom is 0.201 e. The maximum absolute atomic E-state index is 8.58. The molecule has 1 aromatic carbocycles. The summed E-state index contributed by atoms with van der Waals surface area (Å²) in [5.74, 6) is -0.351. The summed E-state index contributed by atoms with van der Waals surface area (Å²) in [5.41, 5.74) is 8.38. The zero-order chi connectivity index (χ0) is 11.3. The minimum atomic E-state index is -0.351. The molecular formula is C9H8IN5. The van der Waals surface area contributed by atoms with Gasteiger partial charge in [-0.1, -0.05) is 0 Å². The monoisotopic (exact) mass is 313 g/mol. The summed E-state index contributed by atoms with van der Waals surface area (Å²) in [6.07, 6.45) is 0. The van der Waals surface area contributed by atoms with Gasteiger partial charge in [-0.25, -0.2) is 0 Å². The fourth-order valence-electron chi connectivity index (χ4n) is 0.790. The number of nitrogens with zero attached hydrogens (tertiary/aromatic N) is 2. The van der Waals surface area contributed by atoms with Crippen molar-refractivity contribution >= 4 is 39.8 Å². The lowest BCUT2D eigenvalue weighted by Gasteiger charge is -2.00. The van der Waals surface area contributed by atoms with Crippen molar-refractivity contribution in [3.05, 3.63) is 27.8 Å². The molecule has 1 rings (SSSR count). The summed E-state index contributed by atoms with van der Waals surface area (Å²) < 4.78 is 1.11. The second kappa shape index (κ2) is 5.31. The van der Waals surface area contributed by atoms with Gasteiger partial charge < -0.3 is 5.73 Å². The van der Waals surface area contributed by atoms with Gasteiger partial charge >= 0.3 is 0 Å². The molecular weight excluding hydrogens is 305 g/mol. The van der Waals surface area contributed by atoms with Crippen LogP contribution in [0.4, 0.5) is 5.69 Å². The average Bonchev–Trinajstić information content (AvgIpc) is 2.21. The Morgan fingerprint density at radius 2 is 2.07 bits per heavy atom. The normalized spacial score (nSPS) is 10.5. The standard InChI is InChI=1S/C9H8IN5/c10-6-1-3-7(4-2-6)14-15-8(5-11)9(12)13/h1-4,14H,(H3,12,13)/b15-8+. The predicted octanol–water partition coefficient (Wildman–Crippen LogP) is 1.52. The molecule has 0 aliphatic rings. The van der Waals surface area contributed by atoms with E-state index in [-0.39, 0.29) is 11.5 Å². The van der Waals surface area contributed by atoms with E-state index in [1.807, 2.05) is 24.3 Å². The molecule has 1 aromatic rings. The van der Waals surface area contributed by atoms with E-state index in [1.54, 1.807) is 6.07 Å². The molecule has 6 heteroatoms. The molecule has 0 spiro atoms. The molecule has 4 N–H and O–H groups in total. The van der Waals surface area contributed by atoms with Crippen molar-refractivity contribution in [3.63, 3.8) is 0 Å². The summed E-state index contributed by atoms with van der Waals surface area (Å²) in [4.78, 5) is 0. The van der Waals surface area contributed by atoms with Gasteiger partial charge in [0.25, 0.3) is 0 Å². The lowest BCUT2D eigenvalue weighted by molar-refractivity contribution is 1.33. The summed E-state index contributed by atoms with van der Waals surface area (Å²) in [5, 5.41) is 19.3. The smallest absolute Gasteiger partial charge is 0.201 e. The Bertz CT molecular complexity index is 429. The van der Waals surface area contributed by atoms with Crippen LogP contribution in [0.25, 0.3) is 0 Å². The molecule has 0 aromatic heterocycles. The van der Waals surface area contributed by atoms with Crippen LogP contribution in [-0.2, 0) is 0 Å². The Labute approximate surface area is 101 Å². The van der Waals surface area contributed by atoms with Crippen molar-refractivity contribution in [1.82, 2.24) is 0 Å². The van der Waals surface area contributed by atoms with Crippen LogP contribution in [0.3, 0.4) is 0 Å². The molecule has 0 fully saturated rings. The number of hydrogen-bond donors (Lipinski definition) is 3. The first kappa shape index (κ1) is 11.5. The number of amidine groups is 1. The molecule has 5 nitrogen and oxygen atoms in total. The molecule has 0 heterocycles. The summed E-state index contributed by atoms with van der Waals surface area (Å²) in [6.45, 7) is 0. The van der Waals surface area contributed by atoms with Gasteiger partial charge in [0, 0.05) is 3.57 Å². The first-order valence-electron chi connectivity index (χ1n) is 3.97. The van der Waals surface area contributed by atoms with Gasteiger partial charge in [-0.3, -0.25) is 10.8 Å². The van der Waals surface area contributed by atoms with Gasteiger partial charge in [0.15, 0.2) is 5.84 Å². The van der Waals surface area contributed by atoms with Crippen molar-refractivity contribution < 1.29 is 0 Å². The van der Waals surface area contributed by atoms with E-state index in [1.165, 1.54) is 0 Å². The van der Waals surface area contributed by atoms with Crippen LogP contribution in [0.5, 0.6) is 0 Å². The van der Waals surface area contributed by atoms with Gasteiger partial charge in [0.2, 0.25) is 5.71 Å². The van der Waals surface area contributed by atoms with Gasteiger partial charge in [-0.05, 0) is 46.9 Å². The number of rotatable bonds is 3. The average molecular weight is 313 g/mol. The zero-order valence-corrected chi connectivity index (χ0v) is 9.82. The van der Waals surface area contributed by atoms with E-state index in [0.717, 1.165) is 9.26 Å². The van der Waals surface area contributed by atoms with E-state index < -0.39 is 0 Å². The predicted molar refractivity (Wildman–Crippen MR) is 67.7 cm³/mol. The first-order valence-corrected chi connectivity index (χ1v) is 5.05. The van der Waals surface area contributed by atoms with E-state index in [2.05, 4.69) is 33.1 Å². The number of hydrogen-bond acceptors (Lipinski definition) is 4. The van der Waals surface area contributed by atoms with Crippen LogP contribution in [0.15, 0.2) is 29.4 Å². The fourth-order valence-corrected chi connectivity index (χ4v) is 1.15. The molecule has 0 bridgehead atoms. The largest absolute Gasteiger partial charge is 0.382 e. The van der Waals surface area contributed by atoms with Crippen molar-refractivity contribution in [3.8, 4) is 6.07 Å². The van der Waals surface area contributed by atoms with Crippen LogP contribution < -0.4 is 11.2 Å². The molecule has 0 aliphatic heterocycles. The molecule has 0 atom stereocenters. The van der Waals surface area contributed by atoms with Crippen LogP contribution in [0, 0.1) is 20.3 Å². The SMILES string of the molecule is N#C/C(=N\Nc1ccc(I)cc1)C(=N)N. The molecule has 0 aliphatic carbocycles. The minimum absolute atomic E-state index is 0.131. The number of nitriles is 1. The van der Waals surface area contributed by atoms with Crippen molar-refractivity contribution in [2.45, 2.75) is 0 Å². The minimum Gasteiger partial charge on any atom is -0.382 e. The van der Waals surface area contributed by atoms with Crippen LogP contribution >= 0.6 is 22.6 Å². The second-order valence-electron chi connectivity index (χ2n) is 2.60. The highest BCUT2D eigenvalue weighted by Crippen LogP contribution is 2.10. The highest BCUT2D eigenvalue weighted by Gasteiger charge is 2.00. The summed E-state index contributed by atoms with van der Waals surface area (Å²) in [7, 11) is 0. The Balaban J connectivity index is 2.76. The number of nitrogens with one attached hydrogen (secondary N) is 2. The molecule has 0 radical (unpaired) electrons. The zero-order valence-electron chi connectivity index (χ0n) is 7.66. The highest BCUT2D eigenvalue weighted by atomic mass is 127. The quantitative estimate of drug-likeness (QED) is 0.341. The number of nitrogens with two attached hydrogens (primary N) is 1. The third kappa shape index (κ3) is 3.55. The van der Waals surface area contributed by atoms with Gasteiger partial charge in [-0.15, -0.1) is 0 Å². The number of benzene rings is 1. The van der Waals surface area contributed by atoms with Crippen molar-refractivity contribution in [2.24, 2.45) is 10.8 Å². The van der Waals surface area contributed by atoms with Gasteiger partial charge in [0.05, 0.1) is 5.69 Å². The van der Waals surface area contributed by atoms with Crippen molar-refractivity contribution in [2.75, 3.05) is 5.43 Å². The number of hydrazone groups is 1. The lowest BCUT2D eigenvalue weighted by Crippen LogP contribution is -2.21. The van der Waals surface area contributed by atoms with E-state index in [0.29, 0.717) is 0 Å². The van der Waals surface area contributed by atoms with Gasteiger partial charge in [0.1, 0.15) is 6.07 Å². The topological polar surface area (TPSA) is 98.0 Å². The fraction of sp³-hybridized carbons (Fsp3) is 0. The number of anilines is 1. The molecule has 0 amide bonds. The first-order chi connectivity index (χ1) is 7.13. The molecule has 15 heavy (non-hydrogen) atoms. The third-order valence-corrected chi connectivity index (χ3v) is 2.22. The Morgan fingerprint density at radius 1 is 1.47 bits per heavy atom. The van der Waals surface area contributed by atoms with E-state index >= 15 is 0 Å². The Morgan fingerprint density at radius 3 is 2.53 bits per heavy atom. The van der Waals surface area contributed by atoms with Gasteiger partial charge in [-0.2, -0.15) is 10.4 Å². The molecule has 76 valence electrons. The lowest BCUT2D eigenvalue weighted by atomic mass is 10.3. The second-order valence-corrected chi connectivity index (χ2v) is 3.85. The molecule has 0 saturated carbocycles. The number of halogens is 1. The molecule has 0 unspecified atom stereocenters. The summed E-state index contributed by atoms with van der Waals surface area (Å²) in [6, 6.07) is 9.16. The summed E-state index contributed by atoms with van der Waals surface area (Å²) >= 11 is 2.19. The van der Waals surface area contributed by atoms with Crippen LogP contribution in [-0.4, -0.2) is 11.5 Å². The maximum atomic E-state index is 8.58. The Kier molecular flexibility index (Phi) is 4.05. The van der Waals surface area contributed by atoms with Crippen molar-refractivity contribution in [1.29, 1.82) is 10.7 Å². The van der Waals surface area contributed by atoms with E-state index in [4.69, 9.17) is 16.4 Å². The van der Waals surface area contributed by atoms with E-state index in [9.17, 15) is 0 Å². The Hall–Kier alpha value is -1.62.